The van der Waals surface area contributed by atoms with Crippen LogP contribution in [0.25, 0.3) is 0 Å². The third kappa shape index (κ3) is 1.21. The molecule has 0 spiro atoms. The molecule has 3 nitrogen and oxygen atoms in total. The van der Waals surface area contributed by atoms with Gasteiger partial charge in [-0.2, -0.15) is 0 Å². The molecule has 0 saturated heterocycles. The van der Waals surface area contributed by atoms with E-state index in [4.69, 9.17) is 0 Å². The van der Waals surface area contributed by atoms with E-state index in [0.29, 0.717) is 12.3 Å². The molecule has 4 rings (SSSR count). The van der Waals surface area contributed by atoms with Crippen molar-refractivity contribution in [1.29, 1.82) is 0 Å². The Morgan fingerprint density at radius 2 is 2.00 bits per heavy atom. The Labute approximate surface area is 95.9 Å². The van der Waals surface area contributed by atoms with E-state index >= 15 is 0 Å². The average molecular weight is 224 g/mol. The van der Waals surface area contributed by atoms with Crippen molar-refractivity contribution in [2.45, 2.75) is 57.5 Å². The van der Waals surface area contributed by atoms with E-state index in [9.17, 15) is 15.0 Å². The third-order valence-corrected chi connectivity index (χ3v) is 5.36. The van der Waals surface area contributed by atoms with Crippen molar-refractivity contribution in [3.63, 3.8) is 0 Å². The van der Waals surface area contributed by atoms with Crippen molar-refractivity contribution >= 4 is 5.97 Å². The molecule has 0 aromatic carbocycles. The van der Waals surface area contributed by atoms with Gasteiger partial charge < -0.3 is 10.2 Å². The van der Waals surface area contributed by atoms with Crippen LogP contribution in [-0.2, 0) is 4.79 Å². The first-order valence-corrected chi connectivity index (χ1v) is 6.37. The normalized spacial score (nSPS) is 54.2. The summed E-state index contributed by atoms with van der Waals surface area (Å²) in [6, 6.07) is 0. The van der Waals surface area contributed by atoms with E-state index in [1.54, 1.807) is 0 Å². The van der Waals surface area contributed by atoms with Crippen molar-refractivity contribution in [2.24, 2.45) is 16.7 Å². The van der Waals surface area contributed by atoms with Crippen LogP contribution in [0.3, 0.4) is 0 Å². The quantitative estimate of drug-likeness (QED) is 0.756. The molecule has 2 N–H and O–H groups in total. The molecule has 4 aliphatic rings. The molecule has 0 aliphatic heterocycles. The maximum Gasteiger partial charge on any atom is 0.309 e. The standard InChI is InChI=1S/C13H20O3/c1-2-11-3-9-4-12(6-11,10(14)15)8-13(16,5-9)7-11/h9,16H,2-8H2,1H3,(H,14,15)/t9-,11-,12+,13+/m0/s1. The first-order valence-electron chi connectivity index (χ1n) is 6.37. The van der Waals surface area contributed by atoms with Gasteiger partial charge in [0.1, 0.15) is 0 Å². The zero-order valence-corrected chi connectivity index (χ0v) is 9.83. The van der Waals surface area contributed by atoms with Gasteiger partial charge in [0.2, 0.25) is 0 Å². The first-order chi connectivity index (χ1) is 7.41. The second-order valence-corrected chi connectivity index (χ2v) is 6.67. The van der Waals surface area contributed by atoms with E-state index in [0.717, 1.165) is 38.5 Å². The van der Waals surface area contributed by atoms with Crippen LogP contribution in [0, 0.1) is 16.7 Å². The monoisotopic (exact) mass is 224 g/mol. The van der Waals surface area contributed by atoms with Crippen molar-refractivity contribution in [2.75, 3.05) is 0 Å². The topological polar surface area (TPSA) is 57.5 Å². The summed E-state index contributed by atoms with van der Waals surface area (Å²) >= 11 is 0. The summed E-state index contributed by atoms with van der Waals surface area (Å²) < 4.78 is 0. The molecular formula is C13H20O3. The van der Waals surface area contributed by atoms with Crippen molar-refractivity contribution in [1.82, 2.24) is 0 Å². The van der Waals surface area contributed by atoms with Crippen molar-refractivity contribution < 1.29 is 15.0 Å². The summed E-state index contributed by atoms with van der Waals surface area (Å²) in [4.78, 5) is 11.5. The van der Waals surface area contributed by atoms with Gasteiger partial charge in [0.15, 0.2) is 0 Å². The molecular weight excluding hydrogens is 204 g/mol. The fourth-order valence-corrected chi connectivity index (χ4v) is 5.22. The molecule has 0 radical (unpaired) electrons. The Kier molecular flexibility index (Phi) is 1.86. The molecule has 4 aliphatic carbocycles. The molecule has 0 unspecified atom stereocenters. The molecule has 16 heavy (non-hydrogen) atoms. The van der Waals surface area contributed by atoms with Gasteiger partial charge in [-0.3, -0.25) is 4.79 Å². The average Bonchev–Trinajstić information content (AvgIpc) is 2.13. The Bertz CT molecular complexity index is 353. The van der Waals surface area contributed by atoms with E-state index in [1.165, 1.54) is 0 Å². The van der Waals surface area contributed by atoms with Gasteiger partial charge in [-0.05, 0) is 49.9 Å². The zero-order valence-electron chi connectivity index (χ0n) is 9.83. The number of aliphatic carboxylic acids is 1. The van der Waals surface area contributed by atoms with Gasteiger partial charge in [-0.25, -0.2) is 0 Å². The Hall–Kier alpha value is -0.570. The zero-order chi connectivity index (χ0) is 11.6. The summed E-state index contributed by atoms with van der Waals surface area (Å²) in [6.07, 6.45) is 5.91. The maximum atomic E-state index is 11.5. The van der Waals surface area contributed by atoms with Gasteiger partial charge in [0, 0.05) is 0 Å². The van der Waals surface area contributed by atoms with E-state index < -0.39 is 17.0 Å². The molecule has 0 aromatic rings. The minimum absolute atomic E-state index is 0.118. The maximum absolute atomic E-state index is 11.5. The van der Waals surface area contributed by atoms with Gasteiger partial charge in [0.05, 0.1) is 11.0 Å². The highest BCUT2D eigenvalue weighted by Gasteiger charge is 2.64. The molecule has 4 saturated carbocycles. The van der Waals surface area contributed by atoms with Crippen LogP contribution < -0.4 is 0 Å². The number of hydrogen-bond donors (Lipinski definition) is 2. The van der Waals surface area contributed by atoms with Gasteiger partial charge in [-0.15, -0.1) is 0 Å². The number of carboxylic acid groups (broad SMARTS) is 1. The van der Waals surface area contributed by atoms with Crippen LogP contribution in [0.1, 0.15) is 51.9 Å². The van der Waals surface area contributed by atoms with E-state index in [2.05, 4.69) is 6.92 Å². The molecule has 0 heterocycles. The molecule has 4 bridgehead atoms. The highest BCUT2D eigenvalue weighted by Crippen LogP contribution is 2.67. The minimum Gasteiger partial charge on any atom is -0.481 e. The van der Waals surface area contributed by atoms with Crippen LogP contribution in [-0.4, -0.2) is 21.8 Å². The lowest BCUT2D eigenvalue weighted by Crippen LogP contribution is -2.62. The van der Waals surface area contributed by atoms with Crippen LogP contribution in [0.15, 0.2) is 0 Å². The van der Waals surface area contributed by atoms with Crippen molar-refractivity contribution in [3.05, 3.63) is 0 Å². The van der Waals surface area contributed by atoms with Crippen LogP contribution >= 0.6 is 0 Å². The second-order valence-electron chi connectivity index (χ2n) is 6.67. The SMILES string of the molecule is CC[C@@]12C[C@@H]3C[C@@](O)(C1)C[C@@](C(=O)O)(C3)C2. The molecule has 90 valence electrons. The highest BCUT2D eigenvalue weighted by atomic mass is 16.4. The predicted octanol–water partition coefficient (Wildman–Crippen LogP) is 2.18. The second kappa shape index (κ2) is 2.81. The molecule has 0 amide bonds. The lowest BCUT2D eigenvalue weighted by atomic mass is 9.42. The fourth-order valence-electron chi connectivity index (χ4n) is 5.22. The van der Waals surface area contributed by atoms with E-state index in [1.807, 2.05) is 0 Å². The van der Waals surface area contributed by atoms with Gasteiger partial charge >= 0.3 is 5.97 Å². The number of carboxylic acids is 1. The van der Waals surface area contributed by atoms with Crippen LogP contribution in [0.5, 0.6) is 0 Å². The number of carbonyl (C=O) groups is 1. The van der Waals surface area contributed by atoms with E-state index in [-0.39, 0.29) is 5.41 Å². The fraction of sp³-hybridized carbons (Fsp3) is 0.923. The summed E-state index contributed by atoms with van der Waals surface area (Å²) in [7, 11) is 0. The summed E-state index contributed by atoms with van der Waals surface area (Å²) in [6.45, 7) is 2.14. The lowest BCUT2D eigenvalue weighted by Gasteiger charge is -2.63. The summed E-state index contributed by atoms with van der Waals surface area (Å²) in [5.41, 5.74) is -1.16. The largest absolute Gasteiger partial charge is 0.481 e. The number of hydrogen-bond acceptors (Lipinski definition) is 2. The van der Waals surface area contributed by atoms with Crippen molar-refractivity contribution in [3.8, 4) is 0 Å². The minimum atomic E-state index is -0.673. The molecule has 0 aromatic heterocycles. The first kappa shape index (κ1) is 10.6. The van der Waals surface area contributed by atoms with Gasteiger partial charge in [-0.1, -0.05) is 13.3 Å². The smallest absolute Gasteiger partial charge is 0.309 e. The summed E-state index contributed by atoms with van der Waals surface area (Å²) in [5.74, 6) is -0.231. The lowest BCUT2D eigenvalue weighted by molar-refractivity contribution is -0.213. The summed E-state index contributed by atoms with van der Waals surface area (Å²) in [5, 5.41) is 20.0. The Morgan fingerprint density at radius 3 is 2.56 bits per heavy atom. The Balaban J connectivity index is 2.04. The predicted molar refractivity (Wildman–Crippen MR) is 58.9 cm³/mol. The molecule has 4 atom stereocenters. The number of aliphatic hydroxyl groups is 1. The molecule has 3 heteroatoms. The van der Waals surface area contributed by atoms with Gasteiger partial charge in [0.25, 0.3) is 0 Å². The molecule has 4 fully saturated rings. The highest BCUT2D eigenvalue weighted by molar-refractivity contribution is 5.75. The third-order valence-electron chi connectivity index (χ3n) is 5.36. The Morgan fingerprint density at radius 1 is 1.25 bits per heavy atom. The number of rotatable bonds is 2. The van der Waals surface area contributed by atoms with Crippen LogP contribution in [0.2, 0.25) is 0 Å². The van der Waals surface area contributed by atoms with Crippen LogP contribution in [0.4, 0.5) is 0 Å².